The summed E-state index contributed by atoms with van der Waals surface area (Å²) < 4.78 is 5.27. The van der Waals surface area contributed by atoms with Crippen molar-refractivity contribution in [2.45, 2.75) is 33.2 Å². The highest BCUT2D eigenvalue weighted by molar-refractivity contribution is 5.94. The summed E-state index contributed by atoms with van der Waals surface area (Å²) in [7, 11) is 1.61. The molecule has 18 heavy (non-hydrogen) atoms. The molecule has 0 aliphatic heterocycles. The van der Waals surface area contributed by atoms with Crippen molar-refractivity contribution in [3.63, 3.8) is 0 Å². The summed E-state index contributed by atoms with van der Waals surface area (Å²) in [4.78, 5) is 11.2. The molecule has 1 rings (SSSR count). The van der Waals surface area contributed by atoms with Gasteiger partial charge in [0.2, 0.25) is 5.91 Å². The Morgan fingerprint density at radius 1 is 1.39 bits per heavy atom. The summed E-state index contributed by atoms with van der Waals surface area (Å²) in [6, 6.07) is 5.46. The lowest BCUT2D eigenvalue weighted by molar-refractivity contribution is 0.100. The van der Waals surface area contributed by atoms with Gasteiger partial charge < -0.3 is 15.8 Å². The number of nitrogens with one attached hydrogen (secondary N) is 1. The fourth-order valence-electron chi connectivity index (χ4n) is 2.01. The van der Waals surface area contributed by atoms with Crippen LogP contribution < -0.4 is 15.8 Å². The number of anilines is 1. The van der Waals surface area contributed by atoms with E-state index in [4.69, 9.17) is 10.5 Å². The zero-order valence-corrected chi connectivity index (χ0v) is 11.5. The van der Waals surface area contributed by atoms with E-state index in [-0.39, 0.29) is 0 Å². The summed E-state index contributed by atoms with van der Waals surface area (Å²) in [5, 5.41) is 3.36. The van der Waals surface area contributed by atoms with Crippen molar-refractivity contribution in [3.8, 4) is 5.75 Å². The number of carbonyl (C=O) groups excluding carboxylic acids is 1. The minimum atomic E-state index is -0.433. The molecule has 0 aromatic heterocycles. The molecule has 3 N–H and O–H groups in total. The molecule has 100 valence electrons. The minimum absolute atomic E-state index is 0.307. The van der Waals surface area contributed by atoms with Gasteiger partial charge in [-0.2, -0.15) is 0 Å². The van der Waals surface area contributed by atoms with Crippen molar-refractivity contribution in [1.82, 2.24) is 0 Å². The number of benzene rings is 1. The van der Waals surface area contributed by atoms with Gasteiger partial charge in [-0.25, -0.2) is 0 Å². The molecule has 0 spiro atoms. The smallest absolute Gasteiger partial charge is 0.248 e. The Kier molecular flexibility index (Phi) is 5.01. The van der Waals surface area contributed by atoms with Crippen LogP contribution >= 0.6 is 0 Å². The van der Waals surface area contributed by atoms with Gasteiger partial charge in [-0.05, 0) is 37.5 Å². The van der Waals surface area contributed by atoms with Crippen LogP contribution in [-0.2, 0) is 0 Å². The number of carbonyl (C=O) groups is 1. The van der Waals surface area contributed by atoms with Crippen LogP contribution in [0.5, 0.6) is 5.75 Å². The quantitative estimate of drug-likeness (QED) is 0.815. The maximum absolute atomic E-state index is 11.2. The lowest BCUT2D eigenvalue weighted by Crippen LogP contribution is -2.19. The van der Waals surface area contributed by atoms with Gasteiger partial charge in [-0.15, -0.1) is 0 Å². The maximum atomic E-state index is 11.2. The van der Waals surface area contributed by atoms with E-state index >= 15 is 0 Å². The molecular formula is C14H22N2O2. The van der Waals surface area contributed by atoms with E-state index in [1.54, 1.807) is 25.3 Å². The lowest BCUT2D eigenvalue weighted by Gasteiger charge is -2.19. The predicted molar refractivity (Wildman–Crippen MR) is 74.1 cm³/mol. The normalized spacial score (nSPS) is 12.3. The van der Waals surface area contributed by atoms with Gasteiger partial charge in [0.25, 0.3) is 0 Å². The average Bonchev–Trinajstić information content (AvgIpc) is 2.27. The molecule has 0 heterocycles. The van der Waals surface area contributed by atoms with E-state index in [1.807, 2.05) is 0 Å². The predicted octanol–water partition coefficient (Wildman–Crippen LogP) is 2.64. The first kappa shape index (κ1) is 14.4. The summed E-state index contributed by atoms with van der Waals surface area (Å²) in [6.45, 7) is 6.46. The Hall–Kier alpha value is -1.71. The molecule has 0 fully saturated rings. The Morgan fingerprint density at radius 2 is 2.06 bits per heavy atom. The molecule has 1 aromatic rings. The van der Waals surface area contributed by atoms with Crippen LogP contribution in [0.1, 0.15) is 37.6 Å². The van der Waals surface area contributed by atoms with E-state index in [9.17, 15) is 4.79 Å². The summed E-state index contributed by atoms with van der Waals surface area (Å²) in [5.41, 5.74) is 6.57. The van der Waals surface area contributed by atoms with Crippen molar-refractivity contribution in [2.24, 2.45) is 11.7 Å². The summed E-state index contributed by atoms with van der Waals surface area (Å²) >= 11 is 0. The van der Waals surface area contributed by atoms with Gasteiger partial charge in [0, 0.05) is 11.6 Å². The van der Waals surface area contributed by atoms with Gasteiger partial charge >= 0.3 is 0 Å². The second-order valence-corrected chi connectivity index (χ2v) is 4.95. The van der Waals surface area contributed by atoms with Gasteiger partial charge in [-0.3, -0.25) is 4.79 Å². The number of hydrogen-bond acceptors (Lipinski definition) is 3. The molecule has 4 heteroatoms. The number of amides is 1. The highest BCUT2D eigenvalue weighted by Gasteiger charge is 2.11. The van der Waals surface area contributed by atoms with Gasteiger partial charge in [0.15, 0.2) is 0 Å². The monoisotopic (exact) mass is 250 g/mol. The zero-order chi connectivity index (χ0) is 13.7. The standard InChI is InChI=1S/C14H22N2O2/c1-9(2)7-10(3)16-12-8-11(14(15)17)5-6-13(12)18-4/h5-6,8-10,16H,7H2,1-4H3,(H2,15,17). The number of ether oxygens (including phenoxy) is 1. The maximum Gasteiger partial charge on any atom is 0.248 e. The Bertz CT molecular complexity index is 416. The molecule has 4 nitrogen and oxygen atoms in total. The number of hydrogen-bond donors (Lipinski definition) is 2. The Labute approximate surface area is 109 Å². The van der Waals surface area contributed by atoms with E-state index in [0.717, 1.165) is 17.9 Å². The molecule has 0 radical (unpaired) electrons. The molecule has 1 amide bonds. The largest absolute Gasteiger partial charge is 0.495 e. The molecule has 1 aromatic carbocycles. The first-order valence-electron chi connectivity index (χ1n) is 6.18. The van der Waals surface area contributed by atoms with Crippen LogP contribution in [0.15, 0.2) is 18.2 Å². The topological polar surface area (TPSA) is 64.3 Å². The van der Waals surface area contributed by atoms with Crippen molar-refractivity contribution >= 4 is 11.6 Å². The van der Waals surface area contributed by atoms with Crippen LogP contribution in [0.2, 0.25) is 0 Å². The van der Waals surface area contributed by atoms with Crippen molar-refractivity contribution in [3.05, 3.63) is 23.8 Å². The first-order chi connectivity index (χ1) is 8.43. The van der Waals surface area contributed by atoms with Crippen molar-refractivity contribution < 1.29 is 9.53 Å². The second kappa shape index (κ2) is 6.28. The molecular weight excluding hydrogens is 228 g/mol. The molecule has 1 unspecified atom stereocenters. The third-order valence-corrected chi connectivity index (χ3v) is 2.71. The summed E-state index contributed by atoms with van der Waals surface area (Å²) in [5.74, 6) is 0.894. The van der Waals surface area contributed by atoms with Crippen molar-refractivity contribution in [1.29, 1.82) is 0 Å². The average molecular weight is 250 g/mol. The number of rotatable bonds is 6. The molecule has 0 aliphatic rings. The van der Waals surface area contributed by atoms with Gasteiger partial charge in [0.05, 0.1) is 12.8 Å². The summed E-state index contributed by atoms with van der Waals surface area (Å²) in [6.07, 6.45) is 1.05. The van der Waals surface area contributed by atoms with E-state index in [2.05, 4.69) is 26.1 Å². The fourth-order valence-corrected chi connectivity index (χ4v) is 2.01. The second-order valence-electron chi connectivity index (χ2n) is 4.95. The molecule has 0 aliphatic carbocycles. The minimum Gasteiger partial charge on any atom is -0.495 e. The number of nitrogens with two attached hydrogens (primary N) is 1. The van der Waals surface area contributed by atoms with Crippen LogP contribution in [0.3, 0.4) is 0 Å². The van der Waals surface area contributed by atoms with Crippen LogP contribution in [0, 0.1) is 5.92 Å². The Balaban J connectivity index is 2.90. The highest BCUT2D eigenvalue weighted by atomic mass is 16.5. The Morgan fingerprint density at radius 3 is 2.56 bits per heavy atom. The van der Waals surface area contributed by atoms with E-state index < -0.39 is 5.91 Å². The van der Waals surface area contributed by atoms with Crippen LogP contribution in [0.4, 0.5) is 5.69 Å². The first-order valence-corrected chi connectivity index (χ1v) is 6.18. The highest BCUT2D eigenvalue weighted by Crippen LogP contribution is 2.26. The van der Waals surface area contributed by atoms with E-state index in [0.29, 0.717) is 17.5 Å². The zero-order valence-electron chi connectivity index (χ0n) is 11.5. The molecule has 0 saturated carbocycles. The molecule has 0 bridgehead atoms. The van der Waals surface area contributed by atoms with Crippen molar-refractivity contribution in [2.75, 3.05) is 12.4 Å². The number of methoxy groups -OCH3 is 1. The lowest BCUT2D eigenvalue weighted by atomic mass is 10.0. The van der Waals surface area contributed by atoms with Crippen LogP contribution in [-0.4, -0.2) is 19.1 Å². The molecule has 0 saturated heterocycles. The van der Waals surface area contributed by atoms with Gasteiger partial charge in [0.1, 0.15) is 5.75 Å². The van der Waals surface area contributed by atoms with Gasteiger partial charge in [-0.1, -0.05) is 13.8 Å². The fraction of sp³-hybridized carbons (Fsp3) is 0.500. The third kappa shape index (κ3) is 3.95. The SMILES string of the molecule is COc1ccc(C(N)=O)cc1NC(C)CC(C)C. The van der Waals surface area contributed by atoms with Crippen LogP contribution in [0.25, 0.3) is 0 Å². The van der Waals surface area contributed by atoms with E-state index in [1.165, 1.54) is 0 Å². The third-order valence-electron chi connectivity index (χ3n) is 2.71. The molecule has 1 atom stereocenters. The number of primary amides is 1.